The van der Waals surface area contributed by atoms with E-state index in [1.165, 1.54) is 5.56 Å². The minimum Gasteiger partial charge on any atom is -0.494 e. The summed E-state index contributed by atoms with van der Waals surface area (Å²) in [5, 5.41) is 2.86. The van der Waals surface area contributed by atoms with Crippen LogP contribution in [0.25, 0.3) is 0 Å². The van der Waals surface area contributed by atoms with Crippen molar-refractivity contribution in [2.45, 2.75) is 46.1 Å². The maximum Gasteiger partial charge on any atom is 0.311 e. The summed E-state index contributed by atoms with van der Waals surface area (Å²) in [5.41, 5.74) is 3.30. The molecule has 1 aliphatic heterocycles. The zero-order valence-electron chi connectivity index (χ0n) is 18.2. The van der Waals surface area contributed by atoms with Crippen molar-refractivity contribution in [1.82, 2.24) is 10.2 Å². The van der Waals surface area contributed by atoms with Gasteiger partial charge in [0, 0.05) is 18.7 Å². The summed E-state index contributed by atoms with van der Waals surface area (Å²) in [4.78, 5) is 27.0. The number of hydrogen-bond acceptors (Lipinski definition) is 3. The highest BCUT2D eigenvalue weighted by atomic mass is 16.5. The number of nitrogens with one attached hydrogen (secondary N) is 1. The minimum absolute atomic E-state index is 0.307. The second-order valence-corrected chi connectivity index (χ2v) is 8.09. The molecule has 2 aromatic rings. The first kappa shape index (κ1) is 21.9. The standard InChI is InChI=1S/C25H32N2O3/c1-4-30-23-11-10-18(2)16-22(23)19(3)26-24(28)25(29)27-14-12-21(13-15-27)17-20-8-6-5-7-9-20/h5-11,16,19,21H,4,12-15,17H2,1-3H3,(H,26,28). The smallest absolute Gasteiger partial charge is 0.311 e. The van der Waals surface area contributed by atoms with Gasteiger partial charge in [0.05, 0.1) is 12.6 Å². The van der Waals surface area contributed by atoms with E-state index in [9.17, 15) is 9.59 Å². The molecule has 160 valence electrons. The number of carbonyl (C=O) groups excluding carboxylic acids is 2. The molecule has 30 heavy (non-hydrogen) atoms. The van der Waals surface area contributed by atoms with Gasteiger partial charge in [0.25, 0.3) is 0 Å². The highest BCUT2D eigenvalue weighted by molar-refractivity contribution is 6.35. The van der Waals surface area contributed by atoms with Gasteiger partial charge in [-0.2, -0.15) is 0 Å². The van der Waals surface area contributed by atoms with Crippen molar-refractivity contribution in [3.63, 3.8) is 0 Å². The Balaban J connectivity index is 1.54. The molecule has 1 atom stereocenters. The Morgan fingerprint density at radius 3 is 2.50 bits per heavy atom. The number of ether oxygens (including phenoxy) is 1. The molecule has 5 heteroatoms. The third-order valence-corrected chi connectivity index (χ3v) is 5.74. The van der Waals surface area contributed by atoms with Crippen LogP contribution in [0.1, 0.15) is 49.4 Å². The molecule has 0 bridgehead atoms. The molecule has 3 rings (SSSR count). The fourth-order valence-electron chi connectivity index (χ4n) is 4.06. The van der Waals surface area contributed by atoms with Crippen molar-refractivity contribution in [3.8, 4) is 5.75 Å². The van der Waals surface area contributed by atoms with Crippen molar-refractivity contribution < 1.29 is 14.3 Å². The van der Waals surface area contributed by atoms with Crippen LogP contribution in [0.5, 0.6) is 5.75 Å². The Morgan fingerprint density at radius 1 is 1.13 bits per heavy atom. The van der Waals surface area contributed by atoms with Crippen LogP contribution in [0.4, 0.5) is 0 Å². The van der Waals surface area contributed by atoms with Gasteiger partial charge in [0.2, 0.25) is 0 Å². The Morgan fingerprint density at radius 2 is 1.83 bits per heavy atom. The quantitative estimate of drug-likeness (QED) is 0.734. The van der Waals surface area contributed by atoms with Crippen LogP contribution in [0.15, 0.2) is 48.5 Å². The van der Waals surface area contributed by atoms with Gasteiger partial charge in [-0.3, -0.25) is 9.59 Å². The second kappa shape index (κ2) is 10.3. The van der Waals surface area contributed by atoms with E-state index in [4.69, 9.17) is 4.74 Å². The molecule has 1 heterocycles. The molecule has 2 amide bonds. The molecule has 0 saturated carbocycles. The molecule has 1 fully saturated rings. The summed E-state index contributed by atoms with van der Waals surface area (Å²) < 4.78 is 5.69. The zero-order chi connectivity index (χ0) is 21.5. The molecule has 0 spiro atoms. The predicted octanol–water partition coefficient (Wildman–Crippen LogP) is 4.05. The predicted molar refractivity (Wildman–Crippen MR) is 118 cm³/mol. The van der Waals surface area contributed by atoms with Crippen molar-refractivity contribution in [2.75, 3.05) is 19.7 Å². The van der Waals surface area contributed by atoms with Crippen molar-refractivity contribution in [3.05, 3.63) is 65.2 Å². The number of benzene rings is 2. The van der Waals surface area contributed by atoms with Gasteiger partial charge < -0.3 is 15.0 Å². The molecule has 5 nitrogen and oxygen atoms in total. The van der Waals surface area contributed by atoms with Crippen LogP contribution in [-0.2, 0) is 16.0 Å². The van der Waals surface area contributed by atoms with E-state index in [0.29, 0.717) is 25.6 Å². The lowest BCUT2D eigenvalue weighted by Gasteiger charge is -2.32. The molecule has 2 aromatic carbocycles. The normalized spacial score (nSPS) is 15.5. The molecule has 1 N–H and O–H groups in total. The fraction of sp³-hybridized carbons (Fsp3) is 0.440. The SMILES string of the molecule is CCOc1ccc(C)cc1C(C)NC(=O)C(=O)N1CCC(Cc2ccccc2)CC1. The van der Waals surface area contributed by atoms with Gasteiger partial charge in [-0.1, -0.05) is 48.0 Å². The molecule has 0 radical (unpaired) electrons. The Hall–Kier alpha value is -2.82. The van der Waals surface area contributed by atoms with Gasteiger partial charge in [0.15, 0.2) is 0 Å². The lowest BCUT2D eigenvalue weighted by atomic mass is 9.90. The summed E-state index contributed by atoms with van der Waals surface area (Å²) in [5.74, 6) is 0.308. The summed E-state index contributed by atoms with van der Waals surface area (Å²) >= 11 is 0. The first-order chi connectivity index (χ1) is 14.5. The van der Waals surface area contributed by atoms with Gasteiger partial charge in [-0.15, -0.1) is 0 Å². The van der Waals surface area contributed by atoms with Crippen LogP contribution in [-0.4, -0.2) is 36.4 Å². The third kappa shape index (κ3) is 5.62. The van der Waals surface area contributed by atoms with Crippen LogP contribution in [0.2, 0.25) is 0 Å². The molecule has 1 unspecified atom stereocenters. The van der Waals surface area contributed by atoms with Crippen LogP contribution < -0.4 is 10.1 Å². The number of likely N-dealkylation sites (tertiary alicyclic amines) is 1. The van der Waals surface area contributed by atoms with E-state index in [2.05, 4.69) is 29.6 Å². The summed E-state index contributed by atoms with van der Waals surface area (Å²) in [6, 6.07) is 16.0. The lowest BCUT2D eigenvalue weighted by Crippen LogP contribution is -2.47. The highest BCUT2D eigenvalue weighted by Gasteiger charge is 2.28. The number of hydrogen-bond donors (Lipinski definition) is 1. The second-order valence-electron chi connectivity index (χ2n) is 8.09. The van der Waals surface area contributed by atoms with Crippen molar-refractivity contribution >= 4 is 11.8 Å². The van der Waals surface area contributed by atoms with E-state index >= 15 is 0 Å². The van der Waals surface area contributed by atoms with E-state index in [1.54, 1.807) is 4.90 Å². The Kier molecular flexibility index (Phi) is 7.50. The Labute approximate surface area is 179 Å². The van der Waals surface area contributed by atoms with Gasteiger partial charge in [-0.25, -0.2) is 0 Å². The first-order valence-electron chi connectivity index (χ1n) is 10.8. The lowest BCUT2D eigenvalue weighted by molar-refractivity contribution is -0.147. The maximum atomic E-state index is 12.7. The van der Waals surface area contributed by atoms with Crippen molar-refractivity contribution in [1.29, 1.82) is 0 Å². The van der Waals surface area contributed by atoms with E-state index < -0.39 is 11.8 Å². The summed E-state index contributed by atoms with van der Waals surface area (Å²) in [6.45, 7) is 7.62. The number of amides is 2. The largest absolute Gasteiger partial charge is 0.494 e. The van der Waals surface area contributed by atoms with Crippen molar-refractivity contribution in [2.24, 2.45) is 5.92 Å². The number of nitrogens with zero attached hydrogens (tertiary/aromatic N) is 1. The maximum absolute atomic E-state index is 12.7. The molecular weight excluding hydrogens is 376 g/mol. The minimum atomic E-state index is -0.548. The number of aryl methyl sites for hydroxylation is 1. The van der Waals surface area contributed by atoms with Gasteiger partial charge >= 0.3 is 11.8 Å². The monoisotopic (exact) mass is 408 g/mol. The summed E-state index contributed by atoms with van der Waals surface area (Å²) in [7, 11) is 0. The number of carbonyl (C=O) groups is 2. The van der Waals surface area contributed by atoms with Crippen LogP contribution in [0.3, 0.4) is 0 Å². The highest BCUT2D eigenvalue weighted by Crippen LogP contribution is 2.27. The number of piperidine rings is 1. The molecule has 0 aliphatic carbocycles. The van der Waals surface area contributed by atoms with Crippen LogP contribution in [0, 0.1) is 12.8 Å². The van der Waals surface area contributed by atoms with E-state index in [1.807, 2.05) is 45.0 Å². The van der Waals surface area contributed by atoms with Gasteiger partial charge in [-0.05, 0) is 57.6 Å². The molecule has 0 aromatic heterocycles. The number of rotatable bonds is 6. The Bertz CT molecular complexity index is 858. The zero-order valence-corrected chi connectivity index (χ0v) is 18.2. The van der Waals surface area contributed by atoms with E-state index in [-0.39, 0.29) is 6.04 Å². The van der Waals surface area contributed by atoms with Gasteiger partial charge in [0.1, 0.15) is 5.75 Å². The topological polar surface area (TPSA) is 58.6 Å². The third-order valence-electron chi connectivity index (χ3n) is 5.74. The molecule has 1 saturated heterocycles. The first-order valence-corrected chi connectivity index (χ1v) is 10.8. The molecular formula is C25H32N2O3. The molecule has 1 aliphatic rings. The fourth-order valence-corrected chi connectivity index (χ4v) is 4.06. The average molecular weight is 409 g/mol. The average Bonchev–Trinajstić information content (AvgIpc) is 2.76. The van der Waals surface area contributed by atoms with Crippen LogP contribution >= 0.6 is 0 Å². The van der Waals surface area contributed by atoms with E-state index in [0.717, 1.165) is 36.1 Å². The summed E-state index contributed by atoms with van der Waals surface area (Å²) in [6.07, 6.45) is 2.88.